The summed E-state index contributed by atoms with van der Waals surface area (Å²) in [4.78, 5) is 0. The van der Waals surface area contributed by atoms with Crippen molar-refractivity contribution in [2.45, 2.75) is 42.9 Å². The van der Waals surface area contributed by atoms with Gasteiger partial charge in [-0.15, -0.1) is 11.3 Å². The number of rotatable bonds is 6. The van der Waals surface area contributed by atoms with E-state index in [-0.39, 0.29) is 0 Å². The Morgan fingerprint density at radius 3 is 2.89 bits per heavy atom. The average Bonchev–Trinajstić information content (AvgIpc) is 2.94. The zero-order valence-electron chi connectivity index (χ0n) is 11.3. The highest BCUT2D eigenvalue weighted by atomic mass is 32.2. The number of hydrogen-bond acceptors (Lipinski definition) is 4. The Kier molecular flexibility index (Phi) is 5.38. The molecule has 0 amide bonds. The monoisotopic (exact) mass is 302 g/mol. The van der Waals surface area contributed by atoms with Gasteiger partial charge in [0.15, 0.2) is 0 Å². The van der Waals surface area contributed by atoms with Crippen molar-refractivity contribution in [2.75, 3.05) is 19.6 Å². The Morgan fingerprint density at radius 2 is 2.32 bits per heavy atom. The van der Waals surface area contributed by atoms with Crippen LogP contribution >= 0.6 is 11.3 Å². The molecule has 0 aliphatic carbocycles. The molecule has 1 N–H and O–H groups in total. The van der Waals surface area contributed by atoms with Gasteiger partial charge in [-0.25, -0.2) is 8.42 Å². The first-order valence-corrected chi connectivity index (χ1v) is 9.23. The van der Waals surface area contributed by atoms with Crippen molar-refractivity contribution in [3.8, 4) is 0 Å². The molecule has 0 spiro atoms. The first-order chi connectivity index (χ1) is 9.14. The normalized spacial score (nSPS) is 20.8. The van der Waals surface area contributed by atoms with Gasteiger partial charge < -0.3 is 5.32 Å². The van der Waals surface area contributed by atoms with Crippen LogP contribution in [0.3, 0.4) is 0 Å². The van der Waals surface area contributed by atoms with Gasteiger partial charge in [-0.3, -0.25) is 0 Å². The number of nitrogens with one attached hydrogen (secondary N) is 1. The third-order valence-electron chi connectivity index (χ3n) is 3.40. The number of thiophene rings is 1. The van der Waals surface area contributed by atoms with Gasteiger partial charge in [0, 0.05) is 19.1 Å². The smallest absolute Gasteiger partial charge is 0.252 e. The number of hydrogen-bond donors (Lipinski definition) is 1. The fraction of sp³-hybridized carbons (Fsp3) is 0.692. The third kappa shape index (κ3) is 3.78. The lowest BCUT2D eigenvalue weighted by Gasteiger charge is -2.29. The maximum absolute atomic E-state index is 12.6. The second-order valence-electron chi connectivity index (χ2n) is 4.94. The third-order valence-corrected chi connectivity index (χ3v) is 6.64. The van der Waals surface area contributed by atoms with Crippen LogP contribution in [0.1, 0.15) is 32.6 Å². The molecule has 0 bridgehead atoms. The van der Waals surface area contributed by atoms with Crippen LogP contribution in [0.2, 0.25) is 0 Å². The molecule has 2 rings (SSSR count). The molecule has 6 heteroatoms. The van der Waals surface area contributed by atoms with Gasteiger partial charge in [-0.05, 0) is 37.3 Å². The zero-order valence-corrected chi connectivity index (χ0v) is 13.0. The second kappa shape index (κ2) is 6.83. The SMILES string of the molecule is CCCN(CC1CCCCN1)S(=O)(=O)c1cccs1. The van der Waals surface area contributed by atoms with E-state index in [0.717, 1.165) is 19.4 Å². The van der Waals surface area contributed by atoms with Gasteiger partial charge in [-0.1, -0.05) is 19.4 Å². The Hall–Kier alpha value is -0.430. The van der Waals surface area contributed by atoms with Gasteiger partial charge in [0.2, 0.25) is 0 Å². The summed E-state index contributed by atoms with van der Waals surface area (Å²) in [6, 6.07) is 3.78. The minimum absolute atomic E-state index is 0.301. The van der Waals surface area contributed by atoms with Crippen LogP contribution in [0.4, 0.5) is 0 Å². The Labute approximate surface area is 119 Å². The van der Waals surface area contributed by atoms with Gasteiger partial charge >= 0.3 is 0 Å². The van der Waals surface area contributed by atoms with Crippen LogP contribution in [0, 0.1) is 0 Å². The first kappa shape index (κ1) is 15.0. The second-order valence-corrected chi connectivity index (χ2v) is 8.05. The molecular weight excluding hydrogens is 280 g/mol. The van der Waals surface area contributed by atoms with Crippen molar-refractivity contribution in [3.05, 3.63) is 17.5 Å². The van der Waals surface area contributed by atoms with Crippen LogP contribution in [-0.4, -0.2) is 38.4 Å². The molecule has 1 atom stereocenters. The van der Waals surface area contributed by atoms with Crippen molar-refractivity contribution in [1.29, 1.82) is 0 Å². The van der Waals surface area contributed by atoms with Crippen molar-refractivity contribution < 1.29 is 8.42 Å². The molecule has 1 aromatic heterocycles. The van der Waals surface area contributed by atoms with Crippen molar-refractivity contribution in [2.24, 2.45) is 0 Å². The quantitative estimate of drug-likeness (QED) is 0.877. The van der Waals surface area contributed by atoms with Crippen LogP contribution in [0.25, 0.3) is 0 Å². The van der Waals surface area contributed by atoms with E-state index >= 15 is 0 Å². The molecule has 1 aliphatic heterocycles. The lowest BCUT2D eigenvalue weighted by atomic mass is 10.1. The summed E-state index contributed by atoms with van der Waals surface area (Å²) in [5, 5.41) is 5.24. The Morgan fingerprint density at radius 1 is 1.47 bits per heavy atom. The van der Waals surface area contributed by atoms with Crippen LogP contribution in [-0.2, 0) is 10.0 Å². The van der Waals surface area contributed by atoms with E-state index in [1.54, 1.807) is 16.4 Å². The van der Waals surface area contributed by atoms with Crippen molar-refractivity contribution in [3.63, 3.8) is 0 Å². The fourth-order valence-corrected chi connectivity index (χ4v) is 5.14. The van der Waals surface area contributed by atoms with E-state index in [0.29, 0.717) is 23.3 Å². The molecule has 1 saturated heterocycles. The molecule has 1 aliphatic rings. The van der Waals surface area contributed by atoms with E-state index in [2.05, 4.69) is 5.32 Å². The lowest BCUT2D eigenvalue weighted by molar-refractivity contribution is 0.313. The summed E-state index contributed by atoms with van der Waals surface area (Å²) < 4.78 is 27.2. The lowest BCUT2D eigenvalue weighted by Crippen LogP contribution is -2.45. The number of sulfonamides is 1. The predicted molar refractivity (Wildman–Crippen MR) is 79.0 cm³/mol. The van der Waals surface area contributed by atoms with E-state index in [9.17, 15) is 8.42 Å². The van der Waals surface area contributed by atoms with Crippen LogP contribution < -0.4 is 5.32 Å². The van der Waals surface area contributed by atoms with Crippen LogP contribution in [0.5, 0.6) is 0 Å². The molecule has 1 fully saturated rings. The van der Waals surface area contributed by atoms with E-state index < -0.39 is 10.0 Å². The summed E-state index contributed by atoms with van der Waals surface area (Å²) in [5.41, 5.74) is 0. The fourth-order valence-electron chi connectivity index (χ4n) is 2.42. The highest BCUT2D eigenvalue weighted by Crippen LogP contribution is 2.22. The topological polar surface area (TPSA) is 49.4 Å². The predicted octanol–water partition coefficient (Wildman–Crippen LogP) is 2.29. The van der Waals surface area contributed by atoms with E-state index in [1.165, 1.54) is 24.2 Å². The minimum atomic E-state index is -3.31. The maximum atomic E-state index is 12.6. The molecule has 2 heterocycles. The minimum Gasteiger partial charge on any atom is -0.313 e. The van der Waals surface area contributed by atoms with Crippen LogP contribution in [0.15, 0.2) is 21.7 Å². The van der Waals surface area contributed by atoms with Gasteiger partial charge in [0.1, 0.15) is 4.21 Å². The van der Waals surface area contributed by atoms with E-state index in [1.807, 2.05) is 12.3 Å². The van der Waals surface area contributed by atoms with Crippen molar-refractivity contribution in [1.82, 2.24) is 9.62 Å². The summed E-state index contributed by atoms with van der Waals surface area (Å²) in [6.07, 6.45) is 4.30. The first-order valence-electron chi connectivity index (χ1n) is 6.91. The number of nitrogens with zero attached hydrogens (tertiary/aromatic N) is 1. The van der Waals surface area contributed by atoms with E-state index in [4.69, 9.17) is 0 Å². The van der Waals surface area contributed by atoms with Gasteiger partial charge in [0.25, 0.3) is 10.0 Å². The zero-order chi connectivity index (χ0) is 13.7. The van der Waals surface area contributed by atoms with Gasteiger partial charge in [-0.2, -0.15) is 4.31 Å². The largest absolute Gasteiger partial charge is 0.313 e. The Bertz CT molecular complexity index is 465. The standard InChI is InChI=1S/C13H22N2O2S2/c1-2-9-15(11-12-6-3-4-8-14-12)19(16,17)13-7-5-10-18-13/h5,7,10,12,14H,2-4,6,8-9,11H2,1H3. The number of piperidine rings is 1. The summed E-state index contributed by atoms with van der Waals surface area (Å²) in [6.45, 7) is 4.21. The highest BCUT2D eigenvalue weighted by molar-refractivity contribution is 7.91. The molecule has 4 nitrogen and oxygen atoms in total. The highest BCUT2D eigenvalue weighted by Gasteiger charge is 2.27. The molecular formula is C13H22N2O2S2. The molecule has 19 heavy (non-hydrogen) atoms. The molecule has 1 unspecified atom stereocenters. The molecule has 1 aromatic rings. The molecule has 0 radical (unpaired) electrons. The Balaban J connectivity index is 2.10. The van der Waals surface area contributed by atoms with Crippen molar-refractivity contribution >= 4 is 21.4 Å². The summed E-state index contributed by atoms with van der Waals surface area (Å²) >= 11 is 1.30. The average molecular weight is 302 g/mol. The summed E-state index contributed by atoms with van der Waals surface area (Å²) in [5.74, 6) is 0. The molecule has 0 aromatic carbocycles. The maximum Gasteiger partial charge on any atom is 0.252 e. The molecule has 0 saturated carbocycles. The summed E-state index contributed by atoms with van der Waals surface area (Å²) in [7, 11) is -3.31. The molecule has 108 valence electrons. The van der Waals surface area contributed by atoms with Gasteiger partial charge in [0.05, 0.1) is 0 Å².